The summed E-state index contributed by atoms with van der Waals surface area (Å²) in [5.74, 6) is 0.143. The van der Waals surface area contributed by atoms with E-state index in [1.54, 1.807) is 7.11 Å². The molecule has 1 aromatic carbocycles. The Kier molecular flexibility index (Phi) is 4.76. The van der Waals surface area contributed by atoms with Crippen molar-refractivity contribution in [3.05, 3.63) is 34.9 Å². The molecule has 0 radical (unpaired) electrons. The highest BCUT2D eigenvalue weighted by Crippen LogP contribution is 2.24. The lowest BCUT2D eigenvalue weighted by Gasteiger charge is -2.09. The van der Waals surface area contributed by atoms with Crippen LogP contribution in [-0.4, -0.2) is 18.2 Å². The van der Waals surface area contributed by atoms with Crippen LogP contribution in [0.5, 0.6) is 5.75 Å². The molecule has 1 rings (SSSR count). The summed E-state index contributed by atoms with van der Waals surface area (Å²) in [4.78, 5) is 10.4. The molecule has 0 amide bonds. The highest BCUT2D eigenvalue weighted by Gasteiger charge is 2.03. The van der Waals surface area contributed by atoms with Gasteiger partial charge >= 0.3 is 5.97 Å². The van der Waals surface area contributed by atoms with E-state index in [0.717, 1.165) is 22.4 Å². The van der Waals surface area contributed by atoms with Gasteiger partial charge in [-0.3, -0.25) is 4.79 Å². The van der Waals surface area contributed by atoms with Gasteiger partial charge in [-0.25, -0.2) is 0 Å². The van der Waals surface area contributed by atoms with Crippen molar-refractivity contribution in [3.8, 4) is 5.75 Å². The first kappa shape index (κ1) is 13.3. The molecule has 0 heterocycles. The molecule has 0 saturated carbocycles. The van der Waals surface area contributed by atoms with Crippen molar-refractivity contribution >= 4 is 12.0 Å². The number of carboxylic acid groups (broad SMARTS) is 1. The molecule has 0 aliphatic carbocycles. The van der Waals surface area contributed by atoms with Crippen LogP contribution in [0.25, 0.3) is 6.08 Å². The lowest BCUT2D eigenvalue weighted by atomic mass is 10.0. The van der Waals surface area contributed by atoms with Gasteiger partial charge in [0.05, 0.1) is 7.11 Å². The molecule has 0 aliphatic heterocycles. The van der Waals surface area contributed by atoms with Crippen LogP contribution < -0.4 is 4.74 Å². The lowest BCUT2D eigenvalue weighted by molar-refractivity contribution is -0.136. The molecule has 3 heteroatoms. The van der Waals surface area contributed by atoms with Crippen LogP contribution >= 0.6 is 0 Å². The number of aryl methyl sites for hydroxylation is 2. The maximum Gasteiger partial charge on any atom is 0.303 e. The first-order valence-electron chi connectivity index (χ1n) is 5.58. The summed E-state index contributed by atoms with van der Waals surface area (Å²) in [5.41, 5.74) is 3.25. The van der Waals surface area contributed by atoms with Crippen molar-refractivity contribution in [1.29, 1.82) is 0 Å². The zero-order chi connectivity index (χ0) is 12.8. The van der Waals surface area contributed by atoms with Gasteiger partial charge in [-0.1, -0.05) is 12.2 Å². The van der Waals surface area contributed by atoms with Gasteiger partial charge in [0.25, 0.3) is 0 Å². The van der Waals surface area contributed by atoms with Gasteiger partial charge in [-0.15, -0.1) is 0 Å². The van der Waals surface area contributed by atoms with E-state index in [2.05, 4.69) is 0 Å². The molecule has 0 atom stereocenters. The predicted octanol–water partition coefficient (Wildman–Crippen LogP) is 3.19. The van der Waals surface area contributed by atoms with Crippen LogP contribution in [0, 0.1) is 13.8 Å². The van der Waals surface area contributed by atoms with Crippen molar-refractivity contribution in [3.63, 3.8) is 0 Å². The van der Waals surface area contributed by atoms with E-state index < -0.39 is 5.97 Å². The molecular weight excluding hydrogens is 216 g/mol. The zero-order valence-corrected chi connectivity index (χ0v) is 10.5. The summed E-state index contributed by atoms with van der Waals surface area (Å²) in [7, 11) is 1.66. The van der Waals surface area contributed by atoms with E-state index in [9.17, 15) is 4.79 Å². The number of carbonyl (C=O) groups is 1. The Morgan fingerprint density at radius 1 is 1.35 bits per heavy atom. The Morgan fingerprint density at radius 2 is 1.94 bits per heavy atom. The number of methoxy groups -OCH3 is 1. The second-order valence-electron chi connectivity index (χ2n) is 4.02. The van der Waals surface area contributed by atoms with Gasteiger partial charge in [0.2, 0.25) is 0 Å². The molecule has 0 saturated heterocycles. The molecule has 17 heavy (non-hydrogen) atoms. The highest BCUT2D eigenvalue weighted by molar-refractivity contribution is 5.67. The first-order valence-corrected chi connectivity index (χ1v) is 5.58. The topological polar surface area (TPSA) is 46.5 Å². The SMILES string of the molecule is COc1c(C)cc(C=CCCC(=O)O)cc1C. The molecule has 1 aromatic rings. The Hall–Kier alpha value is -1.77. The molecule has 0 bridgehead atoms. The maximum absolute atomic E-state index is 10.4. The zero-order valence-electron chi connectivity index (χ0n) is 10.5. The lowest BCUT2D eigenvalue weighted by Crippen LogP contribution is -1.92. The number of benzene rings is 1. The summed E-state index contributed by atoms with van der Waals surface area (Å²) in [6.45, 7) is 4.00. The Labute approximate surface area is 102 Å². The minimum Gasteiger partial charge on any atom is -0.496 e. The largest absolute Gasteiger partial charge is 0.496 e. The van der Waals surface area contributed by atoms with E-state index in [1.807, 2.05) is 38.1 Å². The van der Waals surface area contributed by atoms with E-state index in [1.165, 1.54) is 0 Å². The Bertz CT molecular complexity index is 410. The summed E-state index contributed by atoms with van der Waals surface area (Å²) in [6.07, 6.45) is 4.56. The van der Waals surface area contributed by atoms with Gasteiger partial charge < -0.3 is 9.84 Å². The molecule has 3 nitrogen and oxygen atoms in total. The summed E-state index contributed by atoms with van der Waals surface area (Å²) < 4.78 is 5.29. The smallest absolute Gasteiger partial charge is 0.303 e. The predicted molar refractivity (Wildman–Crippen MR) is 68.4 cm³/mol. The number of hydrogen-bond donors (Lipinski definition) is 1. The summed E-state index contributed by atoms with van der Waals surface area (Å²) >= 11 is 0. The minimum atomic E-state index is -0.767. The standard InChI is InChI=1S/C14H18O3/c1-10-8-12(6-4-5-7-13(15)16)9-11(2)14(10)17-3/h4,6,8-9H,5,7H2,1-3H3,(H,15,16). The average Bonchev–Trinajstić information content (AvgIpc) is 2.24. The van der Waals surface area contributed by atoms with Crippen molar-refractivity contribution in [1.82, 2.24) is 0 Å². The van der Waals surface area contributed by atoms with Crippen molar-refractivity contribution in [2.24, 2.45) is 0 Å². The molecule has 0 fully saturated rings. The fourth-order valence-electron chi connectivity index (χ4n) is 1.83. The number of rotatable bonds is 5. The number of hydrogen-bond acceptors (Lipinski definition) is 2. The van der Waals surface area contributed by atoms with Gasteiger partial charge in [0.15, 0.2) is 0 Å². The van der Waals surface area contributed by atoms with Crippen LogP contribution in [0.2, 0.25) is 0 Å². The number of ether oxygens (including phenoxy) is 1. The maximum atomic E-state index is 10.4. The molecular formula is C14H18O3. The number of aliphatic carboxylic acids is 1. The quantitative estimate of drug-likeness (QED) is 0.851. The van der Waals surface area contributed by atoms with E-state index in [4.69, 9.17) is 9.84 Å². The summed E-state index contributed by atoms with van der Waals surface area (Å²) in [6, 6.07) is 4.06. The van der Waals surface area contributed by atoms with Crippen molar-refractivity contribution < 1.29 is 14.6 Å². The molecule has 92 valence electrons. The molecule has 0 aliphatic rings. The molecule has 0 aromatic heterocycles. The van der Waals surface area contributed by atoms with Crippen LogP contribution in [-0.2, 0) is 4.79 Å². The van der Waals surface area contributed by atoms with Crippen LogP contribution in [0.3, 0.4) is 0 Å². The van der Waals surface area contributed by atoms with Gasteiger partial charge in [0.1, 0.15) is 5.75 Å². The molecule has 1 N–H and O–H groups in total. The second-order valence-corrected chi connectivity index (χ2v) is 4.02. The third-order valence-corrected chi connectivity index (χ3v) is 2.52. The fourth-order valence-corrected chi connectivity index (χ4v) is 1.83. The molecule has 0 spiro atoms. The van der Waals surface area contributed by atoms with Crippen molar-refractivity contribution in [2.45, 2.75) is 26.7 Å². The Balaban J connectivity index is 2.76. The molecule has 0 unspecified atom stereocenters. The monoisotopic (exact) mass is 234 g/mol. The van der Waals surface area contributed by atoms with Gasteiger partial charge in [-0.2, -0.15) is 0 Å². The van der Waals surface area contributed by atoms with Crippen LogP contribution in [0.15, 0.2) is 18.2 Å². The third-order valence-electron chi connectivity index (χ3n) is 2.52. The van der Waals surface area contributed by atoms with Gasteiger partial charge in [-0.05, 0) is 49.1 Å². The number of allylic oxidation sites excluding steroid dienone is 1. The minimum absolute atomic E-state index is 0.171. The Morgan fingerprint density at radius 3 is 2.41 bits per heavy atom. The first-order chi connectivity index (χ1) is 8.04. The normalized spacial score (nSPS) is 10.8. The van der Waals surface area contributed by atoms with Crippen LogP contribution in [0.4, 0.5) is 0 Å². The van der Waals surface area contributed by atoms with Crippen molar-refractivity contribution in [2.75, 3.05) is 7.11 Å². The third kappa shape index (κ3) is 3.94. The van der Waals surface area contributed by atoms with Gasteiger partial charge in [0, 0.05) is 6.42 Å². The fraction of sp³-hybridized carbons (Fsp3) is 0.357. The average molecular weight is 234 g/mol. The van der Waals surface area contributed by atoms with E-state index in [0.29, 0.717) is 6.42 Å². The summed E-state index contributed by atoms with van der Waals surface area (Å²) in [5, 5.41) is 8.52. The highest BCUT2D eigenvalue weighted by atomic mass is 16.5. The van der Waals surface area contributed by atoms with E-state index >= 15 is 0 Å². The number of carboxylic acids is 1. The second kappa shape index (κ2) is 6.09. The van der Waals surface area contributed by atoms with E-state index in [-0.39, 0.29) is 6.42 Å². The van der Waals surface area contributed by atoms with Crippen LogP contribution in [0.1, 0.15) is 29.5 Å².